The Labute approximate surface area is 132 Å². The Morgan fingerprint density at radius 1 is 1.33 bits per heavy atom. The van der Waals surface area contributed by atoms with Crippen LogP contribution in [-0.2, 0) is 16.1 Å². The molecule has 0 saturated heterocycles. The van der Waals surface area contributed by atoms with Gasteiger partial charge in [-0.15, -0.1) is 12.4 Å². The minimum absolute atomic E-state index is 0. The number of rotatable bonds is 9. The smallest absolute Gasteiger partial charge is 0.248 e. The molecule has 0 spiro atoms. The van der Waals surface area contributed by atoms with E-state index in [0.29, 0.717) is 13.2 Å². The SMILES string of the molecule is CNCCCNC(=O)C(C)OCc1cccc(OC)c1.Cl. The average Bonchev–Trinajstić information content (AvgIpc) is 2.49. The summed E-state index contributed by atoms with van der Waals surface area (Å²) in [6.45, 7) is 3.70. The number of ether oxygens (including phenoxy) is 2. The molecule has 1 rings (SSSR count). The van der Waals surface area contributed by atoms with Crippen LogP contribution in [0.4, 0.5) is 0 Å². The number of hydrogen-bond acceptors (Lipinski definition) is 4. The van der Waals surface area contributed by atoms with E-state index in [4.69, 9.17) is 9.47 Å². The van der Waals surface area contributed by atoms with Crippen LogP contribution in [0.1, 0.15) is 18.9 Å². The molecule has 0 heterocycles. The van der Waals surface area contributed by atoms with Crippen molar-refractivity contribution in [3.8, 4) is 5.75 Å². The maximum atomic E-state index is 11.8. The van der Waals surface area contributed by atoms with E-state index in [1.807, 2.05) is 31.3 Å². The van der Waals surface area contributed by atoms with Gasteiger partial charge in [0.1, 0.15) is 11.9 Å². The topological polar surface area (TPSA) is 59.6 Å². The zero-order valence-corrected chi connectivity index (χ0v) is 13.7. The lowest BCUT2D eigenvalue weighted by Gasteiger charge is -2.13. The Kier molecular flexibility index (Phi) is 10.7. The number of hydrogen-bond donors (Lipinski definition) is 2. The van der Waals surface area contributed by atoms with Gasteiger partial charge in [0.25, 0.3) is 0 Å². The molecule has 6 heteroatoms. The number of carbonyl (C=O) groups is 1. The number of amides is 1. The third kappa shape index (κ3) is 7.90. The van der Waals surface area contributed by atoms with Gasteiger partial charge in [0.2, 0.25) is 5.91 Å². The van der Waals surface area contributed by atoms with Gasteiger partial charge in [-0.3, -0.25) is 4.79 Å². The van der Waals surface area contributed by atoms with E-state index in [9.17, 15) is 4.79 Å². The molecule has 1 unspecified atom stereocenters. The van der Waals surface area contributed by atoms with Gasteiger partial charge in [0.05, 0.1) is 13.7 Å². The quantitative estimate of drug-likeness (QED) is 0.681. The van der Waals surface area contributed by atoms with Crippen molar-refractivity contribution in [1.29, 1.82) is 0 Å². The third-order valence-corrected chi connectivity index (χ3v) is 2.91. The summed E-state index contributed by atoms with van der Waals surface area (Å²) < 4.78 is 10.7. The Morgan fingerprint density at radius 2 is 2.10 bits per heavy atom. The average molecular weight is 317 g/mol. The van der Waals surface area contributed by atoms with Crippen molar-refractivity contribution in [2.24, 2.45) is 0 Å². The van der Waals surface area contributed by atoms with Crippen molar-refractivity contribution in [2.75, 3.05) is 27.2 Å². The second kappa shape index (κ2) is 11.4. The van der Waals surface area contributed by atoms with Gasteiger partial charge < -0.3 is 20.1 Å². The first-order chi connectivity index (χ1) is 9.67. The highest BCUT2D eigenvalue weighted by molar-refractivity contribution is 5.85. The number of carbonyl (C=O) groups excluding carboxylic acids is 1. The monoisotopic (exact) mass is 316 g/mol. The Hall–Kier alpha value is -1.30. The maximum absolute atomic E-state index is 11.8. The molecule has 1 amide bonds. The summed E-state index contributed by atoms with van der Waals surface area (Å²) in [6.07, 6.45) is 0.445. The Morgan fingerprint density at radius 3 is 2.76 bits per heavy atom. The van der Waals surface area contributed by atoms with E-state index in [-0.39, 0.29) is 18.3 Å². The van der Waals surface area contributed by atoms with Crippen LogP contribution < -0.4 is 15.4 Å². The van der Waals surface area contributed by atoms with Gasteiger partial charge in [-0.25, -0.2) is 0 Å². The van der Waals surface area contributed by atoms with E-state index in [1.54, 1.807) is 14.0 Å². The van der Waals surface area contributed by atoms with E-state index >= 15 is 0 Å². The Bertz CT molecular complexity index is 416. The van der Waals surface area contributed by atoms with Crippen molar-refractivity contribution in [1.82, 2.24) is 10.6 Å². The van der Waals surface area contributed by atoms with E-state index < -0.39 is 6.10 Å². The van der Waals surface area contributed by atoms with Crippen molar-refractivity contribution in [3.05, 3.63) is 29.8 Å². The molecule has 0 saturated carbocycles. The fourth-order valence-corrected chi connectivity index (χ4v) is 1.68. The summed E-state index contributed by atoms with van der Waals surface area (Å²) in [6, 6.07) is 7.62. The minimum atomic E-state index is -0.462. The summed E-state index contributed by atoms with van der Waals surface area (Å²) in [5, 5.41) is 5.88. The highest BCUT2D eigenvalue weighted by Gasteiger charge is 2.12. The molecule has 21 heavy (non-hydrogen) atoms. The predicted octanol–water partition coefficient (Wildman–Crippen LogP) is 1.75. The summed E-state index contributed by atoms with van der Waals surface area (Å²) in [4.78, 5) is 11.8. The van der Waals surface area contributed by atoms with Crippen LogP contribution >= 0.6 is 12.4 Å². The molecule has 0 radical (unpaired) electrons. The molecule has 0 bridgehead atoms. The molecule has 1 aromatic carbocycles. The van der Waals surface area contributed by atoms with Crippen molar-refractivity contribution in [3.63, 3.8) is 0 Å². The molecular formula is C15H25ClN2O3. The number of halogens is 1. The van der Waals surface area contributed by atoms with Crippen LogP contribution in [-0.4, -0.2) is 39.3 Å². The molecule has 0 aliphatic rings. The van der Waals surface area contributed by atoms with Gasteiger partial charge in [-0.1, -0.05) is 12.1 Å². The van der Waals surface area contributed by atoms with Gasteiger partial charge in [-0.2, -0.15) is 0 Å². The second-order valence-electron chi connectivity index (χ2n) is 4.55. The fourth-order valence-electron chi connectivity index (χ4n) is 1.68. The van der Waals surface area contributed by atoms with Gasteiger partial charge in [0.15, 0.2) is 0 Å². The highest BCUT2D eigenvalue weighted by Crippen LogP contribution is 2.13. The van der Waals surface area contributed by atoms with Crippen LogP contribution in [0.3, 0.4) is 0 Å². The molecule has 0 aromatic heterocycles. The largest absolute Gasteiger partial charge is 0.497 e. The molecule has 0 aliphatic heterocycles. The van der Waals surface area contributed by atoms with Crippen LogP contribution in [0.15, 0.2) is 24.3 Å². The zero-order valence-electron chi connectivity index (χ0n) is 12.8. The Balaban J connectivity index is 0.00000400. The molecule has 1 aromatic rings. The zero-order chi connectivity index (χ0) is 14.8. The molecular weight excluding hydrogens is 292 g/mol. The molecule has 2 N–H and O–H groups in total. The summed E-state index contributed by atoms with van der Waals surface area (Å²) in [5.74, 6) is 0.708. The van der Waals surface area contributed by atoms with Crippen LogP contribution in [0.2, 0.25) is 0 Å². The first-order valence-electron chi connectivity index (χ1n) is 6.84. The van der Waals surface area contributed by atoms with Crippen LogP contribution in [0, 0.1) is 0 Å². The summed E-state index contributed by atoms with van der Waals surface area (Å²) in [5.41, 5.74) is 0.985. The third-order valence-electron chi connectivity index (χ3n) is 2.91. The van der Waals surface area contributed by atoms with E-state index in [2.05, 4.69) is 10.6 Å². The van der Waals surface area contributed by atoms with Crippen molar-refractivity contribution >= 4 is 18.3 Å². The fraction of sp³-hybridized carbons (Fsp3) is 0.533. The van der Waals surface area contributed by atoms with Crippen molar-refractivity contribution < 1.29 is 14.3 Å². The molecule has 5 nitrogen and oxygen atoms in total. The minimum Gasteiger partial charge on any atom is -0.497 e. The van der Waals surface area contributed by atoms with Crippen LogP contribution in [0.5, 0.6) is 5.75 Å². The molecule has 0 aliphatic carbocycles. The number of methoxy groups -OCH3 is 1. The lowest BCUT2D eigenvalue weighted by atomic mass is 10.2. The first-order valence-corrected chi connectivity index (χ1v) is 6.84. The molecule has 1 atom stereocenters. The van der Waals surface area contributed by atoms with E-state index in [0.717, 1.165) is 24.3 Å². The second-order valence-corrected chi connectivity index (χ2v) is 4.55. The van der Waals surface area contributed by atoms with Crippen molar-refractivity contribution in [2.45, 2.75) is 26.1 Å². The lowest BCUT2D eigenvalue weighted by Crippen LogP contribution is -2.35. The normalized spacial score (nSPS) is 11.4. The standard InChI is InChI=1S/C15H24N2O3.ClH/c1-12(15(18)17-9-5-8-16-2)20-11-13-6-4-7-14(10-13)19-3;/h4,6-7,10,12,16H,5,8-9,11H2,1-3H3,(H,17,18);1H. The van der Waals surface area contributed by atoms with Gasteiger partial charge in [0, 0.05) is 6.54 Å². The lowest BCUT2D eigenvalue weighted by molar-refractivity contribution is -0.132. The number of nitrogens with one attached hydrogen (secondary N) is 2. The first kappa shape index (κ1) is 19.7. The predicted molar refractivity (Wildman–Crippen MR) is 86.0 cm³/mol. The summed E-state index contributed by atoms with van der Waals surface area (Å²) in [7, 11) is 3.52. The number of benzene rings is 1. The summed E-state index contributed by atoms with van der Waals surface area (Å²) >= 11 is 0. The maximum Gasteiger partial charge on any atom is 0.248 e. The highest BCUT2D eigenvalue weighted by atomic mass is 35.5. The van der Waals surface area contributed by atoms with Gasteiger partial charge >= 0.3 is 0 Å². The molecule has 120 valence electrons. The van der Waals surface area contributed by atoms with Gasteiger partial charge in [-0.05, 0) is 44.6 Å². The van der Waals surface area contributed by atoms with Crippen LogP contribution in [0.25, 0.3) is 0 Å². The molecule has 0 fully saturated rings. The van der Waals surface area contributed by atoms with E-state index in [1.165, 1.54) is 0 Å².